The number of rotatable bonds is 3. The van der Waals surface area contributed by atoms with Gasteiger partial charge in [-0.2, -0.15) is 0 Å². The molecule has 0 amide bonds. The molecule has 3 aromatic carbocycles. The van der Waals surface area contributed by atoms with Gasteiger partial charge >= 0.3 is 0 Å². The minimum atomic E-state index is -0.607. The molecule has 6 rings (SSSR count). The number of pyridine rings is 1. The Balaban J connectivity index is 1.58. The molecule has 1 aliphatic rings. The summed E-state index contributed by atoms with van der Waals surface area (Å²) < 4.78 is 27.9. The van der Waals surface area contributed by atoms with Gasteiger partial charge in [-0.25, -0.2) is 18.7 Å². The molecule has 0 atom stereocenters. The second-order valence-corrected chi connectivity index (χ2v) is 8.00. The highest BCUT2D eigenvalue weighted by atomic mass is 19.1. The highest BCUT2D eigenvalue weighted by molar-refractivity contribution is 5.96. The summed E-state index contributed by atoms with van der Waals surface area (Å²) >= 11 is 0. The van der Waals surface area contributed by atoms with Gasteiger partial charge in [0.1, 0.15) is 17.5 Å². The van der Waals surface area contributed by atoms with E-state index in [0.717, 1.165) is 41.5 Å². The zero-order valence-electron chi connectivity index (χ0n) is 17.5. The maximum Gasteiger partial charge on any atom is 0.163 e. The van der Waals surface area contributed by atoms with Gasteiger partial charge in [-0.3, -0.25) is 4.98 Å². The summed E-state index contributed by atoms with van der Waals surface area (Å²) in [6.45, 7) is 0.812. The number of hydrogen-bond donors (Lipinski definition) is 0. The monoisotopic (exact) mass is 436 g/mol. The molecule has 0 unspecified atom stereocenters. The smallest absolute Gasteiger partial charge is 0.163 e. The number of fused-ring (bicyclic) bond motifs is 2. The molecule has 33 heavy (non-hydrogen) atoms. The number of halogens is 2. The minimum Gasteiger partial charge on any atom is -0.325 e. The lowest BCUT2D eigenvalue weighted by Gasteiger charge is -2.21. The third-order valence-electron chi connectivity index (χ3n) is 5.98. The highest BCUT2D eigenvalue weighted by Crippen LogP contribution is 2.38. The van der Waals surface area contributed by atoms with Crippen LogP contribution in [0.3, 0.4) is 0 Å². The van der Waals surface area contributed by atoms with Crippen molar-refractivity contribution >= 4 is 22.4 Å². The largest absolute Gasteiger partial charge is 0.325 e. The van der Waals surface area contributed by atoms with Crippen LogP contribution < -0.4 is 4.90 Å². The first-order valence-corrected chi connectivity index (χ1v) is 10.7. The van der Waals surface area contributed by atoms with E-state index >= 15 is 0 Å². The van der Waals surface area contributed by atoms with Crippen LogP contribution in [0.2, 0.25) is 0 Å². The van der Waals surface area contributed by atoms with Gasteiger partial charge < -0.3 is 4.90 Å². The fourth-order valence-electron chi connectivity index (χ4n) is 4.39. The fourth-order valence-corrected chi connectivity index (χ4v) is 4.39. The Morgan fingerprint density at radius 2 is 1.73 bits per heavy atom. The summed E-state index contributed by atoms with van der Waals surface area (Å²) in [6, 6.07) is 21.3. The molecule has 0 fully saturated rings. The summed E-state index contributed by atoms with van der Waals surface area (Å²) in [5, 5.41) is 0.866. The molecule has 0 spiro atoms. The number of nitrogens with zero attached hydrogens (tertiary/aromatic N) is 4. The van der Waals surface area contributed by atoms with Crippen molar-refractivity contribution in [2.45, 2.75) is 6.42 Å². The predicted octanol–water partition coefficient (Wildman–Crippen LogP) is 6.33. The number of hydrogen-bond acceptors (Lipinski definition) is 4. The third-order valence-corrected chi connectivity index (χ3v) is 5.98. The summed E-state index contributed by atoms with van der Waals surface area (Å²) in [7, 11) is 0. The third kappa shape index (κ3) is 3.40. The van der Waals surface area contributed by atoms with Crippen LogP contribution in [0.4, 0.5) is 20.3 Å². The first-order valence-electron chi connectivity index (χ1n) is 10.7. The Hall–Kier alpha value is -4.19. The molecular weight excluding hydrogens is 418 g/mol. The van der Waals surface area contributed by atoms with Crippen LogP contribution in [0, 0.1) is 11.6 Å². The maximum atomic E-state index is 14.5. The van der Waals surface area contributed by atoms with Gasteiger partial charge in [-0.05, 0) is 60.0 Å². The number of aromatic nitrogens is 3. The molecule has 3 heterocycles. The van der Waals surface area contributed by atoms with E-state index in [1.54, 1.807) is 12.4 Å². The van der Waals surface area contributed by atoms with E-state index in [-0.39, 0.29) is 0 Å². The zero-order valence-corrected chi connectivity index (χ0v) is 17.5. The predicted molar refractivity (Wildman–Crippen MR) is 125 cm³/mol. The molecule has 0 saturated carbocycles. The van der Waals surface area contributed by atoms with E-state index in [9.17, 15) is 8.78 Å². The van der Waals surface area contributed by atoms with Crippen LogP contribution in [0.1, 0.15) is 5.56 Å². The lowest BCUT2D eigenvalue weighted by molar-refractivity contribution is 0.585. The molecule has 0 bridgehead atoms. The maximum absolute atomic E-state index is 14.5. The van der Waals surface area contributed by atoms with E-state index in [1.807, 2.05) is 42.5 Å². The van der Waals surface area contributed by atoms with Gasteiger partial charge in [-0.1, -0.05) is 24.3 Å². The zero-order chi connectivity index (χ0) is 22.4. The molecule has 0 radical (unpaired) electrons. The van der Waals surface area contributed by atoms with Crippen molar-refractivity contribution in [2.24, 2.45) is 0 Å². The Bertz CT molecular complexity index is 1500. The van der Waals surface area contributed by atoms with Gasteiger partial charge in [-0.15, -0.1) is 0 Å². The molecule has 0 N–H and O–H groups in total. The fraction of sp³-hybridized carbons (Fsp3) is 0.0741. The molecule has 0 aliphatic carbocycles. The van der Waals surface area contributed by atoms with Crippen LogP contribution in [-0.2, 0) is 6.42 Å². The van der Waals surface area contributed by atoms with Crippen molar-refractivity contribution in [3.05, 3.63) is 102 Å². The molecule has 5 aromatic rings. The lowest BCUT2D eigenvalue weighted by atomic mass is 10.0. The van der Waals surface area contributed by atoms with Crippen molar-refractivity contribution in [1.29, 1.82) is 0 Å². The standard InChI is InChI=1S/C27H18F2N4/c28-20-8-10-21(23(29)15-20)18-7-9-22-24(14-18)31-26(19-5-3-12-30-16-19)32-27(22)33-13-11-17-4-1-2-6-25(17)33/h1-10,12,14-16H,11,13H2. The van der Waals surface area contributed by atoms with Gasteiger partial charge in [0.2, 0.25) is 0 Å². The SMILES string of the molecule is Fc1ccc(-c2ccc3c(N4CCc5ccccc54)nc(-c4cccnc4)nc3c2)c(F)c1. The number of anilines is 2. The topological polar surface area (TPSA) is 41.9 Å². The Morgan fingerprint density at radius 3 is 2.58 bits per heavy atom. The van der Waals surface area contributed by atoms with Crippen LogP contribution in [0.25, 0.3) is 33.4 Å². The van der Waals surface area contributed by atoms with Crippen LogP contribution in [0.5, 0.6) is 0 Å². The minimum absolute atomic E-state index is 0.327. The molecule has 6 heteroatoms. The van der Waals surface area contributed by atoms with Crippen molar-refractivity contribution < 1.29 is 8.78 Å². The molecule has 1 aliphatic heterocycles. The molecular formula is C27H18F2N4. The highest BCUT2D eigenvalue weighted by Gasteiger charge is 2.24. The van der Waals surface area contributed by atoms with E-state index in [2.05, 4.69) is 22.0 Å². The summed E-state index contributed by atoms with van der Waals surface area (Å²) in [6.07, 6.45) is 4.37. The average molecular weight is 436 g/mol. The van der Waals surface area contributed by atoms with E-state index in [4.69, 9.17) is 9.97 Å². The van der Waals surface area contributed by atoms with Crippen LogP contribution in [0.15, 0.2) is 85.2 Å². The van der Waals surface area contributed by atoms with Crippen molar-refractivity contribution in [3.63, 3.8) is 0 Å². The quantitative estimate of drug-likeness (QED) is 0.331. The Morgan fingerprint density at radius 1 is 0.818 bits per heavy atom. The average Bonchev–Trinajstić information content (AvgIpc) is 3.28. The van der Waals surface area contributed by atoms with Gasteiger partial charge in [0.25, 0.3) is 0 Å². The van der Waals surface area contributed by atoms with E-state index in [0.29, 0.717) is 22.5 Å². The van der Waals surface area contributed by atoms with Gasteiger partial charge in [0, 0.05) is 47.2 Å². The summed E-state index contributed by atoms with van der Waals surface area (Å²) in [5.74, 6) is 0.138. The lowest BCUT2D eigenvalue weighted by Crippen LogP contribution is -2.16. The molecule has 160 valence electrons. The molecule has 4 nitrogen and oxygen atoms in total. The van der Waals surface area contributed by atoms with Crippen molar-refractivity contribution in [2.75, 3.05) is 11.4 Å². The number of para-hydroxylation sites is 1. The molecule has 2 aromatic heterocycles. The number of benzene rings is 3. The van der Waals surface area contributed by atoms with Crippen LogP contribution in [-0.4, -0.2) is 21.5 Å². The van der Waals surface area contributed by atoms with E-state index in [1.165, 1.54) is 17.7 Å². The van der Waals surface area contributed by atoms with Crippen LogP contribution >= 0.6 is 0 Å². The second kappa shape index (κ2) is 7.74. The first-order chi connectivity index (χ1) is 16.2. The van der Waals surface area contributed by atoms with Gasteiger partial charge in [0.05, 0.1) is 5.52 Å². The second-order valence-electron chi connectivity index (χ2n) is 8.00. The summed E-state index contributed by atoms with van der Waals surface area (Å²) in [5.41, 5.74) is 4.84. The Labute approximate surface area is 189 Å². The summed E-state index contributed by atoms with van der Waals surface area (Å²) in [4.78, 5) is 16.1. The van der Waals surface area contributed by atoms with Crippen molar-refractivity contribution in [1.82, 2.24) is 15.0 Å². The van der Waals surface area contributed by atoms with Gasteiger partial charge in [0.15, 0.2) is 5.82 Å². The van der Waals surface area contributed by atoms with E-state index < -0.39 is 11.6 Å². The first kappa shape index (κ1) is 19.5. The van der Waals surface area contributed by atoms with Crippen molar-refractivity contribution in [3.8, 4) is 22.5 Å². The Kier molecular flexibility index (Phi) is 4.57. The molecule has 0 saturated heterocycles. The normalized spacial score (nSPS) is 12.8.